The summed E-state index contributed by atoms with van der Waals surface area (Å²) in [5, 5.41) is 0.653. The molecule has 92 valence electrons. The molecule has 0 unspecified atom stereocenters. The smallest absolute Gasteiger partial charge is 0.140 e. The lowest BCUT2D eigenvalue weighted by Crippen LogP contribution is -2.24. The molecule has 0 spiro atoms. The molecular formula is C13H14BrClO2. The summed E-state index contributed by atoms with van der Waals surface area (Å²) >= 11 is 9.46. The second-order valence-corrected chi connectivity index (χ2v) is 5.59. The van der Waals surface area contributed by atoms with Crippen LogP contribution >= 0.6 is 27.5 Å². The van der Waals surface area contributed by atoms with Crippen molar-refractivity contribution in [3.05, 3.63) is 33.3 Å². The predicted octanol–water partition coefficient (Wildman–Crippen LogP) is 3.64. The van der Waals surface area contributed by atoms with Crippen LogP contribution in [0.4, 0.5) is 0 Å². The minimum Gasteiger partial charge on any atom is -0.381 e. The van der Waals surface area contributed by atoms with Crippen molar-refractivity contribution in [2.75, 3.05) is 13.2 Å². The highest BCUT2D eigenvalue weighted by molar-refractivity contribution is 9.10. The van der Waals surface area contributed by atoms with Crippen molar-refractivity contribution in [1.29, 1.82) is 0 Å². The van der Waals surface area contributed by atoms with Gasteiger partial charge in [0.05, 0.1) is 0 Å². The van der Waals surface area contributed by atoms with E-state index in [1.165, 1.54) is 0 Å². The fourth-order valence-electron chi connectivity index (χ4n) is 2.02. The van der Waals surface area contributed by atoms with Crippen molar-refractivity contribution >= 4 is 33.3 Å². The number of hydrogen-bond acceptors (Lipinski definition) is 2. The van der Waals surface area contributed by atoms with Crippen LogP contribution in [-0.2, 0) is 16.0 Å². The summed E-state index contributed by atoms with van der Waals surface area (Å²) < 4.78 is 6.19. The molecule has 0 amide bonds. The number of ketones is 1. The molecule has 17 heavy (non-hydrogen) atoms. The normalized spacial score (nSPS) is 17.1. The quantitative estimate of drug-likeness (QED) is 0.851. The summed E-state index contributed by atoms with van der Waals surface area (Å²) in [6.45, 7) is 1.40. The molecule has 0 aliphatic carbocycles. The SMILES string of the molecule is O=C(Cc1ccc(Br)cc1Cl)C1CCOCC1. The van der Waals surface area contributed by atoms with Crippen LogP contribution in [0.15, 0.2) is 22.7 Å². The first kappa shape index (κ1) is 13.1. The summed E-state index contributed by atoms with van der Waals surface area (Å²) in [4.78, 5) is 12.1. The average molecular weight is 318 g/mol. The zero-order chi connectivity index (χ0) is 12.3. The van der Waals surface area contributed by atoms with Crippen LogP contribution in [0.25, 0.3) is 0 Å². The summed E-state index contributed by atoms with van der Waals surface area (Å²) in [5.41, 5.74) is 0.909. The molecule has 1 fully saturated rings. The van der Waals surface area contributed by atoms with Gasteiger partial charge in [-0.2, -0.15) is 0 Å². The van der Waals surface area contributed by atoms with E-state index in [0.717, 1.165) is 22.9 Å². The lowest BCUT2D eigenvalue weighted by molar-refractivity contribution is -0.125. The fourth-order valence-corrected chi connectivity index (χ4v) is 2.76. The fraction of sp³-hybridized carbons (Fsp3) is 0.462. The Balaban J connectivity index is 2.02. The molecule has 0 atom stereocenters. The molecule has 1 aromatic carbocycles. The van der Waals surface area contributed by atoms with Crippen molar-refractivity contribution < 1.29 is 9.53 Å². The Morgan fingerprint density at radius 3 is 2.76 bits per heavy atom. The molecule has 1 saturated heterocycles. The molecule has 0 aromatic heterocycles. The number of rotatable bonds is 3. The van der Waals surface area contributed by atoms with E-state index in [1.54, 1.807) is 0 Å². The van der Waals surface area contributed by atoms with E-state index < -0.39 is 0 Å². The van der Waals surface area contributed by atoms with Gasteiger partial charge in [0, 0.05) is 35.0 Å². The predicted molar refractivity (Wildman–Crippen MR) is 71.4 cm³/mol. The number of ether oxygens (including phenoxy) is 1. The Morgan fingerprint density at radius 2 is 2.12 bits per heavy atom. The zero-order valence-electron chi connectivity index (χ0n) is 9.42. The molecule has 1 aliphatic rings. The first-order valence-corrected chi connectivity index (χ1v) is 6.88. The summed E-state index contributed by atoms with van der Waals surface area (Å²) in [7, 11) is 0. The third-order valence-electron chi connectivity index (χ3n) is 3.06. The van der Waals surface area contributed by atoms with E-state index >= 15 is 0 Å². The van der Waals surface area contributed by atoms with E-state index in [2.05, 4.69) is 15.9 Å². The minimum atomic E-state index is 0.142. The van der Waals surface area contributed by atoms with E-state index in [1.807, 2.05) is 18.2 Å². The monoisotopic (exact) mass is 316 g/mol. The number of carbonyl (C=O) groups excluding carboxylic acids is 1. The molecule has 1 aliphatic heterocycles. The zero-order valence-corrected chi connectivity index (χ0v) is 11.8. The Hall–Kier alpha value is -0.380. The van der Waals surface area contributed by atoms with Gasteiger partial charge in [0.2, 0.25) is 0 Å². The van der Waals surface area contributed by atoms with Gasteiger partial charge in [0.15, 0.2) is 0 Å². The summed E-state index contributed by atoms with van der Waals surface area (Å²) in [5.74, 6) is 0.418. The van der Waals surface area contributed by atoms with Gasteiger partial charge in [0.25, 0.3) is 0 Å². The maximum atomic E-state index is 12.1. The second-order valence-electron chi connectivity index (χ2n) is 4.27. The van der Waals surface area contributed by atoms with Crippen LogP contribution < -0.4 is 0 Å². The molecule has 1 aromatic rings. The summed E-state index contributed by atoms with van der Waals surface area (Å²) in [6.07, 6.45) is 2.11. The molecule has 0 bridgehead atoms. The number of carbonyl (C=O) groups is 1. The topological polar surface area (TPSA) is 26.3 Å². The highest BCUT2D eigenvalue weighted by Crippen LogP contribution is 2.24. The molecule has 0 saturated carbocycles. The van der Waals surface area contributed by atoms with Gasteiger partial charge in [-0.25, -0.2) is 0 Å². The van der Waals surface area contributed by atoms with Crippen molar-refractivity contribution in [2.24, 2.45) is 5.92 Å². The molecule has 2 nitrogen and oxygen atoms in total. The summed E-state index contributed by atoms with van der Waals surface area (Å²) in [6, 6.07) is 5.65. The molecule has 2 rings (SSSR count). The van der Waals surface area contributed by atoms with Crippen LogP contribution in [0.1, 0.15) is 18.4 Å². The van der Waals surface area contributed by atoms with Crippen LogP contribution in [-0.4, -0.2) is 19.0 Å². The van der Waals surface area contributed by atoms with Gasteiger partial charge in [-0.3, -0.25) is 4.79 Å². The number of halogens is 2. The van der Waals surface area contributed by atoms with Gasteiger partial charge in [-0.1, -0.05) is 33.6 Å². The highest BCUT2D eigenvalue weighted by atomic mass is 79.9. The van der Waals surface area contributed by atoms with Crippen LogP contribution in [0, 0.1) is 5.92 Å². The number of hydrogen-bond donors (Lipinski definition) is 0. The largest absolute Gasteiger partial charge is 0.381 e. The van der Waals surface area contributed by atoms with Crippen LogP contribution in [0.2, 0.25) is 5.02 Å². The van der Waals surface area contributed by atoms with Crippen molar-refractivity contribution in [2.45, 2.75) is 19.3 Å². The lowest BCUT2D eigenvalue weighted by atomic mass is 9.91. The third-order valence-corrected chi connectivity index (χ3v) is 3.90. The maximum absolute atomic E-state index is 12.1. The first-order chi connectivity index (χ1) is 8.16. The van der Waals surface area contributed by atoms with Crippen molar-refractivity contribution in [3.63, 3.8) is 0 Å². The van der Waals surface area contributed by atoms with E-state index in [4.69, 9.17) is 16.3 Å². The van der Waals surface area contributed by atoms with Gasteiger partial charge < -0.3 is 4.74 Å². The van der Waals surface area contributed by atoms with Gasteiger partial charge in [-0.15, -0.1) is 0 Å². The Morgan fingerprint density at radius 1 is 1.41 bits per heavy atom. The van der Waals surface area contributed by atoms with Crippen LogP contribution in [0.3, 0.4) is 0 Å². The maximum Gasteiger partial charge on any atom is 0.140 e. The third kappa shape index (κ3) is 3.54. The van der Waals surface area contributed by atoms with Gasteiger partial charge in [0.1, 0.15) is 5.78 Å². The standard InChI is InChI=1S/C13H14BrClO2/c14-11-2-1-10(12(15)8-11)7-13(16)9-3-5-17-6-4-9/h1-2,8-9H,3-7H2. The van der Waals surface area contributed by atoms with Crippen molar-refractivity contribution in [1.82, 2.24) is 0 Å². The van der Waals surface area contributed by atoms with Crippen molar-refractivity contribution in [3.8, 4) is 0 Å². The average Bonchev–Trinajstić information content (AvgIpc) is 2.34. The van der Waals surface area contributed by atoms with E-state index in [0.29, 0.717) is 24.7 Å². The van der Waals surface area contributed by atoms with E-state index in [9.17, 15) is 4.79 Å². The molecule has 1 heterocycles. The molecule has 0 N–H and O–H groups in total. The second kappa shape index (κ2) is 5.98. The van der Waals surface area contributed by atoms with Gasteiger partial charge in [-0.05, 0) is 30.5 Å². The Kier molecular flexibility index (Phi) is 4.60. The first-order valence-electron chi connectivity index (χ1n) is 5.71. The van der Waals surface area contributed by atoms with Gasteiger partial charge >= 0.3 is 0 Å². The molecular weight excluding hydrogens is 303 g/mol. The number of benzene rings is 1. The van der Waals surface area contributed by atoms with E-state index in [-0.39, 0.29) is 11.7 Å². The lowest BCUT2D eigenvalue weighted by Gasteiger charge is -2.20. The van der Waals surface area contributed by atoms with Crippen LogP contribution in [0.5, 0.6) is 0 Å². The Bertz CT molecular complexity index is 414. The molecule has 0 radical (unpaired) electrons. The highest BCUT2D eigenvalue weighted by Gasteiger charge is 2.22. The minimum absolute atomic E-state index is 0.142. The molecule has 4 heteroatoms. The Labute approximate surface area is 114 Å². The number of Topliss-reactive ketones (excluding diaryl/α,β-unsaturated/α-hetero) is 1.